The van der Waals surface area contributed by atoms with Gasteiger partial charge in [-0.05, 0) is 37.8 Å². The Morgan fingerprint density at radius 2 is 2.00 bits per heavy atom. The Kier molecular flexibility index (Phi) is 6.95. The Labute approximate surface area is 106 Å². The quantitative estimate of drug-likeness (QED) is 0.673. The van der Waals surface area contributed by atoms with Crippen LogP contribution < -0.4 is 5.73 Å². The van der Waals surface area contributed by atoms with Crippen molar-refractivity contribution in [3.63, 3.8) is 0 Å². The molecule has 1 heteroatoms. The van der Waals surface area contributed by atoms with Crippen LogP contribution in [0.4, 0.5) is 0 Å². The van der Waals surface area contributed by atoms with Gasteiger partial charge in [0.2, 0.25) is 0 Å². The number of rotatable bonds is 8. The molecular formula is C16H27N. The van der Waals surface area contributed by atoms with Crippen molar-refractivity contribution in [1.29, 1.82) is 0 Å². The Morgan fingerprint density at radius 1 is 1.18 bits per heavy atom. The molecule has 2 N–H and O–H groups in total. The van der Waals surface area contributed by atoms with Crippen molar-refractivity contribution in [3.05, 3.63) is 35.4 Å². The molecule has 0 fully saturated rings. The van der Waals surface area contributed by atoms with Crippen LogP contribution in [0.3, 0.4) is 0 Å². The predicted octanol–water partition coefficient (Wildman–Crippen LogP) is 4.08. The molecule has 0 aliphatic carbocycles. The van der Waals surface area contributed by atoms with E-state index in [0.29, 0.717) is 5.92 Å². The second kappa shape index (κ2) is 8.30. The van der Waals surface area contributed by atoms with Crippen LogP contribution in [0.1, 0.15) is 50.2 Å². The van der Waals surface area contributed by atoms with Gasteiger partial charge in [-0.1, -0.05) is 62.4 Å². The third-order valence-corrected chi connectivity index (χ3v) is 3.41. The highest BCUT2D eigenvalue weighted by Crippen LogP contribution is 2.16. The molecule has 1 rings (SSSR count). The first-order chi connectivity index (χ1) is 8.26. The normalized spacial score (nSPS) is 12.6. The van der Waals surface area contributed by atoms with E-state index in [0.717, 1.165) is 13.0 Å². The molecule has 1 aromatic rings. The first-order valence-corrected chi connectivity index (χ1v) is 7.02. The van der Waals surface area contributed by atoms with Crippen molar-refractivity contribution in [1.82, 2.24) is 0 Å². The van der Waals surface area contributed by atoms with Crippen LogP contribution in [-0.4, -0.2) is 6.54 Å². The predicted molar refractivity (Wildman–Crippen MR) is 76.2 cm³/mol. The summed E-state index contributed by atoms with van der Waals surface area (Å²) < 4.78 is 0. The van der Waals surface area contributed by atoms with Gasteiger partial charge in [-0.3, -0.25) is 0 Å². The molecule has 0 amide bonds. The molecule has 1 unspecified atom stereocenters. The second-order valence-corrected chi connectivity index (χ2v) is 5.14. The molecule has 0 aliphatic heterocycles. The zero-order valence-electron chi connectivity index (χ0n) is 11.4. The smallest absolute Gasteiger partial charge is 0.00457 e. The van der Waals surface area contributed by atoms with Gasteiger partial charge in [-0.15, -0.1) is 0 Å². The third kappa shape index (κ3) is 5.88. The van der Waals surface area contributed by atoms with Crippen molar-refractivity contribution in [2.45, 2.75) is 52.4 Å². The minimum Gasteiger partial charge on any atom is -0.330 e. The number of aryl methyl sites for hydroxylation is 1. The van der Waals surface area contributed by atoms with Gasteiger partial charge in [-0.2, -0.15) is 0 Å². The SMILES string of the molecule is CCCCCCC(CN)Cc1cccc(C)c1. The third-order valence-electron chi connectivity index (χ3n) is 3.41. The number of nitrogens with two attached hydrogens (primary N) is 1. The first kappa shape index (κ1) is 14.2. The van der Waals surface area contributed by atoms with Crippen molar-refractivity contribution in [3.8, 4) is 0 Å². The van der Waals surface area contributed by atoms with Gasteiger partial charge in [0, 0.05) is 0 Å². The second-order valence-electron chi connectivity index (χ2n) is 5.14. The molecular weight excluding hydrogens is 206 g/mol. The van der Waals surface area contributed by atoms with E-state index < -0.39 is 0 Å². The fourth-order valence-corrected chi connectivity index (χ4v) is 2.34. The molecule has 0 aliphatic rings. The lowest BCUT2D eigenvalue weighted by Gasteiger charge is -2.15. The molecule has 0 aromatic heterocycles. The van der Waals surface area contributed by atoms with Gasteiger partial charge in [0.25, 0.3) is 0 Å². The van der Waals surface area contributed by atoms with Crippen LogP contribution >= 0.6 is 0 Å². The van der Waals surface area contributed by atoms with E-state index in [4.69, 9.17) is 5.73 Å². The number of unbranched alkanes of at least 4 members (excludes halogenated alkanes) is 3. The lowest BCUT2D eigenvalue weighted by Crippen LogP contribution is -2.17. The zero-order chi connectivity index (χ0) is 12.5. The Bertz CT molecular complexity index is 306. The fourth-order valence-electron chi connectivity index (χ4n) is 2.34. The summed E-state index contributed by atoms with van der Waals surface area (Å²) in [4.78, 5) is 0. The Morgan fingerprint density at radius 3 is 2.65 bits per heavy atom. The van der Waals surface area contributed by atoms with Crippen LogP contribution in [0.2, 0.25) is 0 Å². The number of hydrogen-bond donors (Lipinski definition) is 1. The van der Waals surface area contributed by atoms with Crippen LogP contribution in [-0.2, 0) is 6.42 Å². The summed E-state index contributed by atoms with van der Waals surface area (Å²) in [7, 11) is 0. The summed E-state index contributed by atoms with van der Waals surface area (Å²) >= 11 is 0. The highest BCUT2D eigenvalue weighted by Gasteiger charge is 2.07. The molecule has 1 atom stereocenters. The van der Waals surface area contributed by atoms with Crippen LogP contribution in [0.15, 0.2) is 24.3 Å². The maximum absolute atomic E-state index is 5.87. The van der Waals surface area contributed by atoms with Gasteiger partial charge in [0.05, 0.1) is 0 Å². The van der Waals surface area contributed by atoms with Gasteiger partial charge < -0.3 is 5.73 Å². The monoisotopic (exact) mass is 233 g/mol. The molecule has 1 aromatic carbocycles. The Balaban J connectivity index is 2.35. The van der Waals surface area contributed by atoms with Crippen molar-refractivity contribution >= 4 is 0 Å². The molecule has 0 heterocycles. The fraction of sp³-hybridized carbons (Fsp3) is 0.625. The number of hydrogen-bond acceptors (Lipinski definition) is 1. The van der Waals surface area contributed by atoms with Crippen molar-refractivity contribution in [2.75, 3.05) is 6.54 Å². The highest BCUT2D eigenvalue weighted by atomic mass is 14.5. The van der Waals surface area contributed by atoms with E-state index >= 15 is 0 Å². The first-order valence-electron chi connectivity index (χ1n) is 7.02. The summed E-state index contributed by atoms with van der Waals surface area (Å²) in [6, 6.07) is 8.81. The van der Waals surface area contributed by atoms with Gasteiger partial charge in [0.1, 0.15) is 0 Å². The summed E-state index contributed by atoms with van der Waals surface area (Å²) in [5.41, 5.74) is 8.67. The summed E-state index contributed by atoms with van der Waals surface area (Å²) in [5, 5.41) is 0. The standard InChI is InChI=1S/C16H27N/c1-3-4-5-6-9-16(13-17)12-15-10-7-8-14(2)11-15/h7-8,10-11,16H,3-6,9,12-13,17H2,1-2H3. The van der Waals surface area contributed by atoms with E-state index in [9.17, 15) is 0 Å². The molecule has 0 saturated carbocycles. The summed E-state index contributed by atoms with van der Waals surface area (Å²) in [6.07, 6.45) is 7.80. The average Bonchev–Trinajstić information content (AvgIpc) is 2.33. The molecule has 0 saturated heterocycles. The average molecular weight is 233 g/mol. The zero-order valence-corrected chi connectivity index (χ0v) is 11.4. The molecule has 1 nitrogen and oxygen atoms in total. The van der Waals surface area contributed by atoms with Gasteiger partial charge in [0.15, 0.2) is 0 Å². The van der Waals surface area contributed by atoms with Crippen LogP contribution in [0, 0.1) is 12.8 Å². The van der Waals surface area contributed by atoms with E-state index in [1.807, 2.05) is 0 Å². The lowest BCUT2D eigenvalue weighted by molar-refractivity contribution is 0.460. The maximum atomic E-state index is 5.87. The van der Waals surface area contributed by atoms with Gasteiger partial charge >= 0.3 is 0 Å². The summed E-state index contributed by atoms with van der Waals surface area (Å²) in [6.45, 7) is 5.23. The van der Waals surface area contributed by atoms with Crippen molar-refractivity contribution < 1.29 is 0 Å². The van der Waals surface area contributed by atoms with Crippen LogP contribution in [0.5, 0.6) is 0 Å². The highest BCUT2D eigenvalue weighted by molar-refractivity contribution is 5.22. The maximum Gasteiger partial charge on any atom is -0.00457 e. The lowest BCUT2D eigenvalue weighted by atomic mass is 9.93. The molecule has 0 radical (unpaired) electrons. The largest absolute Gasteiger partial charge is 0.330 e. The molecule has 0 bridgehead atoms. The van der Waals surface area contributed by atoms with E-state index in [-0.39, 0.29) is 0 Å². The minimum absolute atomic E-state index is 0.661. The van der Waals surface area contributed by atoms with E-state index in [1.165, 1.54) is 43.2 Å². The number of benzene rings is 1. The molecule has 0 spiro atoms. The van der Waals surface area contributed by atoms with Crippen LogP contribution in [0.25, 0.3) is 0 Å². The Hall–Kier alpha value is -0.820. The van der Waals surface area contributed by atoms with Crippen molar-refractivity contribution in [2.24, 2.45) is 11.7 Å². The molecule has 96 valence electrons. The van der Waals surface area contributed by atoms with E-state index in [2.05, 4.69) is 38.1 Å². The topological polar surface area (TPSA) is 26.0 Å². The van der Waals surface area contributed by atoms with Gasteiger partial charge in [-0.25, -0.2) is 0 Å². The minimum atomic E-state index is 0.661. The summed E-state index contributed by atoms with van der Waals surface area (Å²) in [5.74, 6) is 0.661. The van der Waals surface area contributed by atoms with E-state index in [1.54, 1.807) is 0 Å². The molecule has 17 heavy (non-hydrogen) atoms.